The Labute approximate surface area is 133 Å². The van der Waals surface area contributed by atoms with Gasteiger partial charge in [0.2, 0.25) is 5.91 Å². The van der Waals surface area contributed by atoms with E-state index in [4.69, 9.17) is 0 Å². The molecule has 2 aromatic rings. The molecule has 1 amide bonds. The zero-order valence-electron chi connectivity index (χ0n) is 13.6. The Morgan fingerprint density at radius 1 is 1.05 bits per heavy atom. The Kier molecular flexibility index (Phi) is 6.20. The van der Waals surface area contributed by atoms with Crippen LogP contribution in [0.4, 0.5) is 5.69 Å². The van der Waals surface area contributed by atoms with Gasteiger partial charge in [-0.25, -0.2) is 0 Å². The molecule has 2 heteroatoms. The van der Waals surface area contributed by atoms with Gasteiger partial charge in [-0.3, -0.25) is 4.79 Å². The van der Waals surface area contributed by atoms with Gasteiger partial charge in [-0.05, 0) is 49.4 Å². The van der Waals surface area contributed by atoms with E-state index in [1.54, 1.807) is 0 Å². The topological polar surface area (TPSA) is 20.3 Å². The summed E-state index contributed by atoms with van der Waals surface area (Å²) in [5.41, 5.74) is 3.51. The summed E-state index contributed by atoms with van der Waals surface area (Å²) < 4.78 is 0. The lowest BCUT2D eigenvalue weighted by Gasteiger charge is -2.22. The van der Waals surface area contributed by atoms with E-state index < -0.39 is 0 Å². The molecule has 0 spiro atoms. The summed E-state index contributed by atoms with van der Waals surface area (Å²) in [7, 11) is 0. The fraction of sp³-hybridized carbons (Fsp3) is 0.350. The number of carbonyl (C=O) groups excluding carboxylic acids is 1. The minimum atomic E-state index is 0.225. The maximum absolute atomic E-state index is 12.6. The van der Waals surface area contributed by atoms with Gasteiger partial charge in [0.05, 0.1) is 0 Å². The van der Waals surface area contributed by atoms with Crippen LogP contribution in [0.2, 0.25) is 0 Å². The SMILES string of the molecule is CCCN(C(=O)CCCc1ccccc1)c1cccc(C)c1. The first-order valence-electron chi connectivity index (χ1n) is 8.11. The Morgan fingerprint density at radius 2 is 1.82 bits per heavy atom. The molecular weight excluding hydrogens is 270 g/mol. The lowest BCUT2D eigenvalue weighted by Crippen LogP contribution is -2.31. The first-order valence-corrected chi connectivity index (χ1v) is 8.11. The van der Waals surface area contributed by atoms with Crippen LogP contribution in [0.1, 0.15) is 37.3 Å². The summed E-state index contributed by atoms with van der Waals surface area (Å²) in [5.74, 6) is 0.225. The maximum Gasteiger partial charge on any atom is 0.226 e. The normalized spacial score (nSPS) is 10.5. The van der Waals surface area contributed by atoms with Crippen LogP contribution in [-0.2, 0) is 11.2 Å². The summed E-state index contributed by atoms with van der Waals surface area (Å²) in [5, 5.41) is 0. The lowest BCUT2D eigenvalue weighted by atomic mass is 10.1. The number of carbonyl (C=O) groups is 1. The predicted octanol–water partition coefficient (Wildman–Crippen LogP) is 4.76. The second kappa shape index (κ2) is 8.38. The number of hydrogen-bond donors (Lipinski definition) is 0. The van der Waals surface area contributed by atoms with Crippen LogP contribution >= 0.6 is 0 Å². The summed E-state index contributed by atoms with van der Waals surface area (Å²) in [6, 6.07) is 18.6. The largest absolute Gasteiger partial charge is 0.312 e. The number of amides is 1. The molecule has 116 valence electrons. The highest BCUT2D eigenvalue weighted by atomic mass is 16.2. The molecule has 0 fully saturated rings. The fourth-order valence-electron chi connectivity index (χ4n) is 2.64. The maximum atomic E-state index is 12.6. The molecule has 0 aliphatic rings. The van der Waals surface area contributed by atoms with Crippen molar-refractivity contribution in [1.29, 1.82) is 0 Å². The predicted molar refractivity (Wildman–Crippen MR) is 93.2 cm³/mol. The average Bonchev–Trinajstić information content (AvgIpc) is 2.53. The molecule has 22 heavy (non-hydrogen) atoms. The monoisotopic (exact) mass is 295 g/mol. The van der Waals surface area contributed by atoms with Crippen molar-refractivity contribution in [2.24, 2.45) is 0 Å². The van der Waals surface area contributed by atoms with E-state index in [0.717, 1.165) is 31.5 Å². The minimum Gasteiger partial charge on any atom is -0.312 e. The smallest absolute Gasteiger partial charge is 0.226 e. The second-order valence-electron chi connectivity index (χ2n) is 5.72. The quantitative estimate of drug-likeness (QED) is 0.721. The Bertz CT molecular complexity index is 592. The van der Waals surface area contributed by atoms with Gasteiger partial charge in [-0.15, -0.1) is 0 Å². The second-order valence-corrected chi connectivity index (χ2v) is 5.72. The average molecular weight is 295 g/mol. The van der Waals surface area contributed by atoms with Crippen molar-refractivity contribution in [2.75, 3.05) is 11.4 Å². The van der Waals surface area contributed by atoms with Gasteiger partial charge in [-0.2, -0.15) is 0 Å². The zero-order valence-corrected chi connectivity index (χ0v) is 13.6. The first-order chi connectivity index (χ1) is 10.7. The molecule has 2 rings (SSSR count). The fourth-order valence-corrected chi connectivity index (χ4v) is 2.64. The molecule has 2 aromatic carbocycles. The molecule has 0 aliphatic heterocycles. The molecule has 0 bridgehead atoms. The van der Waals surface area contributed by atoms with Crippen molar-refractivity contribution in [3.8, 4) is 0 Å². The van der Waals surface area contributed by atoms with Gasteiger partial charge in [0.25, 0.3) is 0 Å². The van der Waals surface area contributed by atoms with Gasteiger partial charge in [0.1, 0.15) is 0 Å². The van der Waals surface area contributed by atoms with Crippen LogP contribution in [0.25, 0.3) is 0 Å². The standard InChI is InChI=1S/C20H25NO/c1-3-15-21(19-13-7-9-17(2)16-19)20(22)14-8-12-18-10-5-4-6-11-18/h4-7,9-11,13,16H,3,8,12,14-15H2,1-2H3. The van der Waals surface area contributed by atoms with Gasteiger partial charge in [0.15, 0.2) is 0 Å². The van der Waals surface area contributed by atoms with E-state index in [-0.39, 0.29) is 5.91 Å². The Morgan fingerprint density at radius 3 is 2.50 bits per heavy atom. The van der Waals surface area contributed by atoms with Crippen molar-refractivity contribution in [1.82, 2.24) is 0 Å². The number of rotatable bonds is 7. The molecule has 0 aliphatic carbocycles. The van der Waals surface area contributed by atoms with Crippen molar-refractivity contribution in [3.05, 3.63) is 65.7 Å². The molecule has 0 atom stereocenters. The molecule has 0 N–H and O–H groups in total. The van der Waals surface area contributed by atoms with Gasteiger partial charge >= 0.3 is 0 Å². The molecule has 0 saturated carbocycles. The highest BCUT2D eigenvalue weighted by Gasteiger charge is 2.14. The molecule has 0 aromatic heterocycles. The zero-order chi connectivity index (χ0) is 15.8. The van der Waals surface area contributed by atoms with E-state index >= 15 is 0 Å². The van der Waals surface area contributed by atoms with Gasteiger partial charge in [0, 0.05) is 18.7 Å². The number of hydrogen-bond acceptors (Lipinski definition) is 1. The van der Waals surface area contributed by atoms with Crippen molar-refractivity contribution >= 4 is 11.6 Å². The summed E-state index contributed by atoms with van der Waals surface area (Å²) in [4.78, 5) is 14.5. The van der Waals surface area contributed by atoms with Crippen LogP contribution in [0, 0.1) is 6.92 Å². The summed E-state index contributed by atoms with van der Waals surface area (Å²) in [6.07, 6.45) is 3.43. The van der Waals surface area contributed by atoms with Crippen LogP contribution in [-0.4, -0.2) is 12.5 Å². The third-order valence-electron chi connectivity index (χ3n) is 3.76. The Hall–Kier alpha value is -2.09. The number of benzene rings is 2. The van der Waals surface area contributed by atoms with E-state index in [2.05, 4.69) is 38.1 Å². The molecule has 0 saturated heterocycles. The third-order valence-corrected chi connectivity index (χ3v) is 3.76. The van der Waals surface area contributed by atoms with Crippen molar-refractivity contribution < 1.29 is 4.79 Å². The number of aryl methyl sites for hydroxylation is 2. The lowest BCUT2D eigenvalue weighted by molar-refractivity contribution is -0.118. The number of anilines is 1. The molecule has 0 heterocycles. The molecular formula is C20H25NO. The van der Waals surface area contributed by atoms with E-state index in [1.807, 2.05) is 35.2 Å². The van der Waals surface area contributed by atoms with Crippen molar-refractivity contribution in [2.45, 2.75) is 39.5 Å². The van der Waals surface area contributed by atoms with Gasteiger partial charge in [-0.1, -0.05) is 49.4 Å². The summed E-state index contributed by atoms with van der Waals surface area (Å²) in [6.45, 7) is 4.96. The Balaban J connectivity index is 1.95. The van der Waals surface area contributed by atoms with E-state index in [1.165, 1.54) is 11.1 Å². The minimum absolute atomic E-state index is 0.225. The van der Waals surface area contributed by atoms with Crippen molar-refractivity contribution in [3.63, 3.8) is 0 Å². The van der Waals surface area contributed by atoms with Crippen LogP contribution in [0.15, 0.2) is 54.6 Å². The highest BCUT2D eigenvalue weighted by molar-refractivity contribution is 5.93. The number of nitrogens with zero attached hydrogens (tertiary/aromatic N) is 1. The third kappa shape index (κ3) is 4.73. The molecule has 0 unspecified atom stereocenters. The van der Waals surface area contributed by atoms with E-state index in [0.29, 0.717) is 6.42 Å². The molecule has 2 nitrogen and oxygen atoms in total. The van der Waals surface area contributed by atoms with E-state index in [9.17, 15) is 4.79 Å². The van der Waals surface area contributed by atoms with Crippen LogP contribution in [0.3, 0.4) is 0 Å². The van der Waals surface area contributed by atoms with Gasteiger partial charge < -0.3 is 4.90 Å². The molecule has 0 radical (unpaired) electrons. The first kappa shape index (κ1) is 16.3. The highest BCUT2D eigenvalue weighted by Crippen LogP contribution is 2.18. The summed E-state index contributed by atoms with van der Waals surface area (Å²) >= 11 is 0. The van der Waals surface area contributed by atoms with Crippen LogP contribution < -0.4 is 4.90 Å². The van der Waals surface area contributed by atoms with Crippen LogP contribution in [0.5, 0.6) is 0 Å².